The van der Waals surface area contributed by atoms with E-state index in [0.29, 0.717) is 37.5 Å². The van der Waals surface area contributed by atoms with Gasteiger partial charge in [-0.1, -0.05) is 0 Å². The third-order valence-corrected chi connectivity index (χ3v) is 6.53. The van der Waals surface area contributed by atoms with Gasteiger partial charge in [0.25, 0.3) is 0 Å². The average molecular weight is 406 g/mol. The normalized spacial score (nSPS) is 15.4. The summed E-state index contributed by atoms with van der Waals surface area (Å²) in [5.74, 6) is -0.0351. The Morgan fingerprint density at radius 2 is 1.61 bits per heavy atom. The van der Waals surface area contributed by atoms with E-state index in [9.17, 15) is 17.6 Å². The molecule has 0 atom stereocenters. The molecular weight excluding hydrogens is 383 g/mol. The van der Waals surface area contributed by atoms with E-state index >= 15 is 0 Å². The zero-order valence-electron chi connectivity index (χ0n) is 15.7. The van der Waals surface area contributed by atoms with Gasteiger partial charge in [0, 0.05) is 37.4 Å². The van der Waals surface area contributed by atoms with Crippen LogP contribution in [-0.4, -0.2) is 57.0 Å². The second-order valence-corrected chi connectivity index (χ2v) is 8.70. The summed E-state index contributed by atoms with van der Waals surface area (Å²) in [5.41, 5.74) is 1.63. The summed E-state index contributed by atoms with van der Waals surface area (Å²) in [7, 11) is -3.42. The van der Waals surface area contributed by atoms with Crippen LogP contribution in [0.15, 0.2) is 48.5 Å². The molecule has 1 fully saturated rings. The minimum Gasteiger partial charge on any atom is -0.492 e. The fourth-order valence-corrected chi connectivity index (χ4v) is 4.33. The Bertz CT molecular complexity index is 906. The van der Waals surface area contributed by atoms with Gasteiger partial charge in [0.05, 0.1) is 5.75 Å². The van der Waals surface area contributed by atoms with E-state index in [4.69, 9.17) is 4.74 Å². The predicted octanol–water partition coefficient (Wildman–Crippen LogP) is 2.56. The van der Waals surface area contributed by atoms with Gasteiger partial charge in [-0.3, -0.25) is 4.79 Å². The summed E-state index contributed by atoms with van der Waals surface area (Å²) in [6.45, 7) is 3.49. The van der Waals surface area contributed by atoms with Gasteiger partial charge in [-0.25, -0.2) is 12.8 Å². The Morgan fingerprint density at radius 1 is 1.00 bits per heavy atom. The lowest BCUT2D eigenvalue weighted by atomic mass is 10.1. The summed E-state index contributed by atoms with van der Waals surface area (Å²) in [5, 5.41) is 0. The monoisotopic (exact) mass is 406 g/mol. The van der Waals surface area contributed by atoms with Gasteiger partial charge in [0.2, 0.25) is 10.0 Å². The van der Waals surface area contributed by atoms with E-state index in [0.717, 1.165) is 5.69 Å². The quantitative estimate of drug-likeness (QED) is 0.661. The van der Waals surface area contributed by atoms with Crippen molar-refractivity contribution >= 4 is 21.5 Å². The molecule has 2 aromatic carbocycles. The molecule has 28 heavy (non-hydrogen) atoms. The van der Waals surface area contributed by atoms with Crippen molar-refractivity contribution in [2.24, 2.45) is 0 Å². The number of nitrogens with zero attached hydrogens (tertiary/aromatic N) is 2. The van der Waals surface area contributed by atoms with Crippen molar-refractivity contribution in [3.8, 4) is 5.75 Å². The molecule has 0 radical (unpaired) electrons. The molecule has 0 bridgehead atoms. The number of Topliss-reactive ketones (excluding diaryl/α,β-unsaturated/α-hetero) is 1. The zero-order valence-corrected chi connectivity index (χ0v) is 16.5. The van der Waals surface area contributed by atoms with Gasteiger partial charge in [-0.2, -0.15) is 4.31 Å². The lowest BCUT2D eigenvalue weighted by Gasteiger charge is -2.35. The Kier molecular flexibility index (Phi) is 6.31. The number of carbonyl (C=O) groups is 1. The van der Waals surface area contributed by atoms with Crippen LogP contribution >= 0.6 is 0 Å². The summed E-state index contributed by atoms with van der Waals surface area (Å²) < 4.78 is 44.8. The third-order valence-electron chi connectivity index (χ3n) is 4.69. The van der Waals surface area contributed by atoms with Gasteiger partial charge >= 0.3 is 0 Å². The first-order chi connectivity index (χ1) is 13.3. The number of ether oxygens (including phenoxy) is 1. The molecule has 1 saturated heterocycles. The molecule has 3 rings (SSSR count). The standard InChI is InChI=1S/C20H23FN2O4S/c1-16(24)17-2-6-19(7-3-17)22-10-12-23(13-11-22)28(25,26)15-14-27-20-8-4-18(21)5-9-20/h2-9H,10-15H2,1H3. The molecule has 0 unspecified atom stereocenters. The number of rotatable bonds is 7. The Morgan fingerprint density at radius 3 is 2.18 bits per heavy atom. The molecule has 2 aromatic rings. The number of carbonyl (C=O) groups excluding carboxylic acids is 1. The van der Waals surface area contributed by atoms with Crippen LogP contribution in [0.3, 0.4) is 0 Å². The third kappa shape index (κ3) is 5.08. The molecule has 8 heteroatoms. The van der Waals surface area contributed by atoms with Crippen LogP contribution in [-0.2, 0) is 10.0 Å². The molecular formula is C20H23FN2O4S. The van der Waals surface area contributed by atoms with Gasteiger partial charge < -0.3 is 9.64 Å². The number of piperazine rings is 1. The maximum absolute atomic E-state index is 12.9. The molecule has 1 heterocycles. The Labute approximate surface area is 164 Å². The van der Waals surface area contributed by atoms with E-state index in [1.165, 1.54) is 35.5 Å². The molecule has 0 aromatic heterocycles. The maximum atomic E-state index is 12.9. The molecule has 6 nitrogen and oxygen atoms in total. The number of sulfonamides is 1. The highest BCUT2D eigenvalue weighted by atomic mass is 32.2. The van der Waals surface area contributed by atoms with Crippen LogP contribution in [0.25, 0.3) is 0 Å². The topological polar surface area (TPSA) is 66.9 Å². The summed E-state index contributed by atoms with van der Waals surface area (Å²) in [4.78, 5) is 13.5. The van der Waals surface area contributed by atoms with Crippen molar-refractivity contribution in [2.45, 2.75) is 6.92 Å². The fraction of sp³-hybridized carbons (Fsp3) is 0.350. The SMILES string of the molecule is CC(=O)c1ccc(N2CCN(S(=O)(=O)CCOc3ccc(F)cc3)CC2)cc1. The highest BCUT2D eigenvalue weighted by Gasteiger charge is 2.27. The van der Waals surface area contributed by atoms with Gasteiger partial charge in [-0.05, 0) is 55.5 Å². The molecule has 0 saturated carbocycles. The van der Waals surface area contributed by atoms with Crippen molar-refractivity contribution in [3.05, 3.63) is 59.9 Å². The van der Waals surface area contributed by atoms with E-state index in [2.05, 4.69) is 4.90 Å². The molecule has 150 valence electrons. The first kappa shape index (κ1) is 20.3. The van der Waals surface area contributed by atoms with Crippen molar-refractivity contribution in [1.82, 2.24) is 4.31 Å². The van der Waals surface area contributed by atoms with Crippen molar-refractivity contribution < 1.29 is 22.3 Å². The van der Waals surface area contributed by atoms with Gasteiger partial charge in [-0.15, -0.1) is 0 Å². The fourth-order valence-electron chi connectivity index (χ4n) is 3.06. The Hall–Kier alpha value is -2.45. The predicted molar refractivity (Wildman–Crippen MR) is 106 cm³/mol. The van der Waals surface area contributed by atoms with Crippen LogP contribution in [0.2, 0.25) is 0 Å². The van der Waals surface area contributed by atoms with Crippen molar-refractivity contribution in [1.29, 1.82) is 0 Å². The number of hydrogen-bond acceptors (Lipinski definition) is 5. The maximum Gasteiger partial charge on any atom is 0.217 e. The van der Waals surface area contributed by atoms with E-state index in [1.54, 1.807) is 12.1 Å². The minimum atomic E-state index is -3.42. The van der Waals surface area contributed by atoms with E-state index in [1.807, 2.05) is 12.1 Å². The van der Waals surface area contributed by atoms with Gasteiger partial charge in [0.1, 0.15) is 18.2 Å². The molecule has 1 aliphatic heterocycles. The lowest BCUT2D eigenvalue weighted by molar-refractivity contribution is 0.101. The first-order valence-corrected chi connectivity index (χ1v) is 10.7. The molecule has 0 spiro atoms. The summed E-state index contributed by atoms with van der Waals surface area (Å²) >= 11 is 0. The highest BCUT2D eigenvalue weighted by Crippen LogP contribution is 2.19. The minimum absolute atomic E-state index is 0.0146. The molecule has 1 aliphatic rings. The molecule has 0 N–H and O–H groups in total. The Balaban J connectivity index is 1.50. The molecule has 0 amide bonds. The van der Waals surface area contributed by atoms with Crippen LogP contribution in [0.4, 0.5) is 10.1 Å². The second-order valence-electron chi connectivity index (χ2n) is 6.61. The highest BCUT2D eigenvalue weighted by molar-refractivity contribution is 7.89. The zero-order chi connectivity index (χ0) is 20.1. The lowest BCUT2D eigenvalue weighted by Crippen LogP contribution is -2.49. The van der Waals surface area contributed by atoms with E-state index < -0.39 is 10.0 Å². The molecule has 0 aliphatic carbocycles. The first-order valence-electron chi connectivity index (χ1n) is 9.07. The van der Waals surface area contributed by atoms with Crippen LogP contribution in [0.5, 0.6) is 5.75 Å². The second kappa shape index (κ2) is 8.70. The van der Waals surface area contributed by atoms with Crippen LogP contribution in [0.1, 0.15) is 17.3 Å². The largest absolute Gasteiger partial charge is 0.492 e. The van der Waals surface area contributed by atoms with Crippen molar-refractivity contribution in [2.75, 3.05) is 43.4 Å². The summed E-state index contributed by atoms with van der Waals surface area (Å²) in [6, 6.07) is 12.8. The summed E-state index contributed by atoms with van der Waals surface area (Å²) in [6.07, 6.45) is 0. The van der Waals surface area contributed by atoms with Crippen molar-refractivity contribution in [3.63, 3.8) is 0 Å². The van der Waals surface area contributed by atoms with Gasteiger partial charge in [0.15, 0.2) is 5.78 Å². The average Bonchev–Trinajstić information content (AvgIpc) is 2.69. The number of halogens is 1. The number of ketones is 1. The smallest absolute Gasteiger partial charge is 0.217 e. The van der Waals surface area contributed by atoms with E-state index in [-0.39, 0.29) is 24.0 Å². The number of hydrogen-bond donors (Lipinski definition) is 0. The van der Waals surface area contributed by atoms with Crippen LogP contribution < -0.4 is 9.64 Å². The number of anilines is 1. The number of benzene rings is 2. The van der Waals surface area contributed by atoms with Crippen LogP contribution in [0, 0.1) is 5.82 Å².